The number of pyridine rings is 1. The lowest BCUT2D eigenvalue weighted by Gasteiger charge is -2.04. The molecule has 0 amide bonds. The highest BCUT2D eigenvalue weighted by Gasteiger charge is 2.07. The van der Waals surface area contributed by atoms with Crippen LogP contribution in [0.2, 0.25) is 0 Å². The zero-order valence-corrected chi connectivity index (χ0v) is 15.1. The number of para-hydroxylation sites is 1. The van der Waals surface area contributed by atoms with Crippen LogP contribution >= 0.6 is 0 Å². The summed E-state index contributed by atoms with van der Waals surface area (Å²) in [5.41, 5.74) is 4.21. The molecular weight excluding hydrogens is 334 g/mol. The summed E-state index contributed by atoms with van der Waals surface area (Å²) in [5, 5.41) is 1.01. The maximum atomic E-state index is 5.24. The molecule has 0 saturated carbocycles. The summed E-state index contributed by atoms with van der Waals surface area (Å²) in [4.78, 5) is 13.7. The quantitative estimate of drug-likeness (QED) is 0.502. The van der Waals surface area contributed by atoms with Gasteiger partial charge in [-0.3, -0.25) is 0 Å². The zero-order chi connectivity index (χ0) is 18.6. The van der Waals surface area contributed by atoms with Crippen LogP contribution in [0.4, 0.5) is 0 Å². The van der Waals surface area contributed by atoms with Crippen molar-refractivity contribution in [3.8, 4) is 29.1 Å². The van der Waals surface area contributed by atoms with Gasteiger partial charge in [-0.25, -0.2) is 15.0 Å². The van der Waals surface area contributed by atoms with Gasteiger partial charge in [0.2, 0.25) is 0 Å². The Labute approximate surface area is 157 Å². The number of fused-ring (bicyclic) bond motifs is 1. The normalized spacial score (nSPS) is 10.3. The standard InChI is InChI=1S/C23H17N3O/c1-16-10-12-22(23-24-15-18-7-3-4-9-21(18)26-23)25-20(16)13-11-17-6-5-8-19(14-17)27-2/h3-10,12,14-15H,1-2H3. The number of hydrogen-bond donors (Lipinski definition) is 0. The Morgan fingerprint density at radius 3 is 2.67 bits per heavy atom. The Morgan fingerprint density at radius 1 is 0.889 bits per heavy atom. The van der Waals surface area contributed by atoms with E-state index in [1.165, 1.54) is 0 Å². The van der Waals surface area contributed by atoms with Crippen molar-refractivity contribution in [2.24, 2.45) is 0 Å². The second-order valence-corrected chi connectivity index (χ2v) is 6.10. The minimum absolute atomic E-state index is 0.595. The molecule has 0 saturated heterocycles. The molecule has 0 N–H and O–H groups in total. The molecule has 0 unspecified atom stereocenters. The van der Waals surface area contributed by atoms with E-state index in [0.29, 0.717) is 17.2 Å². The number of aryl methyl sites for hydroxylation is 1. The van der Waals surface area contributed by atoms with Crippen molar-refractivity contribution in [3.63, 3.8) is 0 Å². The lowest BCUT2D eigenvalue weighted by molar-refractivity contribution is 0.414. The number of nitrogens with zero attached hydrogens (tertiary/aromatic N) is 3. The van der Waals surface area contributed by atoms with Crippen LogP contribution < -0.4 is 4.74 Å². The van der Waals surface area contributed by atoms with Crippen molar-refractivity contribution in [3.05, 3.63) is 83.7 Å². The van der Waals surface area contributed by atoms with E-state index in [0.717, 1.165) is 27.8 Å². The Bertz CT molecular complexity index is 1190. The zero-order valence-electron chi connectivity index (χ0n) is 15.1. The highest BCUT2D eigenvalue weighted by atomic mass is 16.5. The molecule has 0 aliphatic carbocycles. The summed E-state index contributed by atoms with van der Waals surface area (Å²) in [7, 11) is 1.64. The molecule has 27 heavy (non-hydrogen) atoms. The number of methoxy groups -OCH3 is 1. The second-order valence-electron chi connectivity index (χ2n) is 6.10. The highest BCUT2D eigenvalue weighted by Crippen LogP contribution is 2.18. The molecule has 0 bridgehead atoms. The summed E-state index contributed by atoms with van der Waals surface area (Å²) in [6.07, 6.45) is 1.82. The van der Waals surface area contributed by atoms with Crippen molar-refractivity contribution in [2.45, 2.75) is 6.92 Å². The van der Waals surface area contributed by atoms with Gasteiger partial charge in [-0.1, -0.05) is 36.3 Å². The van der Waals surface area contributed by atoms with E-state index in [4.69, 9.17) is 4.74 Å². The maximum Gasteiger partial charge on any atom is 0.178 e. The summed E-state index contributed by atoms with van der Waals surface area (Å²) in [6, 6.07) is 19.5. The van der Waals surface area contributed by atoms with E-state index in [1.807, 2.05) is 73.8 Å². The maximum absolute atomic E-state index is 5.24. The Kier molecular flexibility index (Phi) is 4.51. The molecule has 0 aliphatic heterocycles. The fraction of sp³-hybridized carbons (Fsp3) is 0.0870. The molecule has 4 nitrogen and oxygen atoms in total. The first-order valence-corrected chi connectivity index (χ1v) is 8.59. The first kappa shape index (κ1) is 16.7. The summed E-state index contributed by atoms with van der Waals surface area (Å²) < 4.78 is 5.24. The van der Waals surface area contributed by atoms with Crippen molar-refractivity contribution >= 4 is 10.9 Å². The molecule has 2 aromatic carbocycles. The van der Waals surface area contributed by atoms with Gasteiger partial charge in [0.05, 0.1) is 12.6 Å². The van der Waals surface area contributed by atoms with Crippen LogP contribution in [0.3, 0.4) is 0 Å². The second kappa shape index (κ2) is 7.27. The summed E-state index contributed by atoms with van der Waals surface area (Å²) in [5.74, 6) is 7.68. The largest absolute Gasteiger partial charge is 0.497 e. The smallest absolute Gasteiger partial charge is 0.178 e. The van der Waals surface area contributed by atoms with Crippen LogP contribution in [0.5, 0.6) is 5.75 Å². The fourth-order valence-electron chi connectivity index (χ4n) is 2.71. The third-order valence-electron chi connectivity index (χ3n) is 4.21. The van der Waals surface area contributed by atoms with Gasteiger partial charge in [-0.15, -0.1) is 0 Å². The van der Waals surface area contributed by atoms with Gasteiger partial charge in [0, 0.05) is 17.1 Å². The highest BCUT2D eigenvalue weighted by molar-refractivity contribution is 5.79. The third kappa shape index (κ3) is 3.63. The van der Waals surface area contributed by atoms with Gasteiger partial charge in [0.1, 0.15) is 17.1 Å². The van der Waals surface area contributed by atoms with Crippen LogP contribution in [-0.2, 0) is 0 Å². The van der Waals surface area contributed by atoms with Gasteiger partial charge >= 0.3 is 0 Å². The van der Waals surface area contributed by atoms with E-state index in [2.05, 4.69) is 26.8 Å². The van der Waals surface area contributed by atoms with Gasteiger partial charge in [-0.2, -0.15) is 0 Å². The molecule has 0 atom stereocenters. The molecule has 2 aromatic heterocycles. The van der Waals surface area contributed by atoms with Gasteiger partial charge in [0.25, 0.3) is 0 Å². The van der Waals surface area contributed by atoms with Crippen LogP contribution in [0.25, 0.3) is 22.4 Å². The van der Waals surface area contributed by atoms with Gasteiger partial charge in [0.15, 0.2) is 5.82 Å². The molecule has 4 heteroatoms. The summed E-state index contributed by atoms with van der Waals surface area (Å²) in [6.45, 7) is 1.99. The number of aromatic nitrogens is 3. The average Bonchev–Trinajstić information content (AvgIpc) is 2.73. The van der Waals surface area contributed by atoms with Crippen molar-refractivity contribution in [1.82, 2.24) is 15.0 Å². The van der Waals surface area contributed by atoms with Crippen LogP contribution in [0.1, 0.15) is 16.8 Å². The molecule has 2 heterocycles. The predicted octanol–water partition coefficient (Wildman–Crippen LogP) is 4.41. The fourth-order valence-corrected chi connectivity index (χ4v) is 2.71. The molecular formula is C23H17N3O. The number of hydrogen-bond acceptors (Lipinski definition) is 4. The first-order chi connectivity index (χ1) is 13.2. The van der Waals surface area contributed by atoms with Crippen LogP contribution in [0, 0.1) is 18.8 Å². The average molecular weight is 351 g/mol. The predicted molar refractivity (Wildman–Crippen MR) is 106 cm³/mol. The van der Waals surface area contributed by atoms with Crippen LogP contribution in [-0.4, -0.2) is 22.1 Å². The minimum atomic E-state index is 0.595. The minimum Gasteiger partial charge on any atom is -0.497 e. The lowest BCUT2D eigenvalue weighted by atomic mass is 10.1. The molecule has 0 spiro atoms. The van der Waals surface area contributed by atoms with E-state index < -0.39 is 0 Å². The van der Waals surface area contributed by atoms with Gasteiger partial charge < -0.3 is 4.74 Å². The molecule has 0 aliphatic rings. The van der Waals surface area contributed by atoms with Crippen molar-refractivity contribution < 1.29 is 4.74 Å². The lowest BCUT2D eigenvalue weighted by Crippen LogP contribution is -1.96. The summed E-state index contributed by atoms with van der Waals surface area (Å²) >= 11 is 0. The third-order valence-corrected chi connectivity index (χ3v) is 4.21. The molecule has 4 rings (SSSR count). The van der Waals surface area contributed by atoms with E-state index in [-0.39, 0.29) is 0 Å². The Morgan fingerprint density at radius 2 is 1.78 bits per heavy atom. The SMILES string of the molecule is COc1cccc(C#Cc2nc(-c3ncc4ccccc4n3)ccc2C)c1. The van der Waals surface area contributed by atoms with E-state index >= 15 is 0 Å². The monoisotopic (exact) mass is 351 g/mol. The van der Waals surface area contributed by atoms with Crippen molar-refractivity contribution in [1.29, 1.82) is 0 Å². The topological polar surface area (TPSA) is 47.9 Å². The molecule has 0 fully saturated rings. The molecule has 130 valence electrons. The van der Waals surface area contributed by atoms with E-state index in [9.17, 15) is 0 Å². The number of rotatable bonds is 2. The van der Waals surface area contributed by atoms with Crippen molar-refractivity contribution in [2.75, 3.05) is 7.11 Å². The number of benzene rings is 2. The molecule has 4 aromatic rings. The molecule has 0 radical (unpaired) electrons. The Balaban J connectivity index is 1.72. The van der Waals surface area contributed by atoms with E-state index in [1.54, 1.807) is 7.11 Å². The number of ether oxygens (including phenoxy) is 1. The van der Waals surface area contributed by atoms with Crippen LogP contribution in [0.15, 0.2) is 66.9 Å². The first-order valence-electron chi connectivity index (χ1n) is 8.59. The van der Waals surface area contributed by atoms with Gasteiger partial charge in [-0.05, 0) is 48.7 Å². The Hall–Kier alpha value is -3.71.